The third-order valence-corrected chi connectivity index (χ3v) is 10.8. The molecule has 2 aliphatic heterocycles. The van der Waals surface area contributed by atoms with Gasteiger partial charge in [-0.1, -0.05) is 18.2 Å². The number of benzene rings is 2. The van der Waals surface area contributed by atoms with Gasteiger partial charge in [-0.25, -0.2) is 13.4 Å². The monoisotopic (exact) mass is 620 g/mol. The number of sulfonamides is 1. The molecule has 6 rings (SSSR count). The number of piperazine rings is 1. The Morgan fingerprint density at radius 1 is 1.07 bits per heavy atom. The molecule has 2 saturated heterocycles. The second kappa shape index (κ2) is 10.3. The second-order valence-electron chi connectivity index (χ2n) is 9.69. The molecule has 2 fully saturated rings. The molecule has 0 radical (unpaired) electrons. The summed E-state index contributed by atoms with van der Waals surface area (Å²) in [7, 11) is -2.43. The molecule has 2 aromatic heterocycles. The van der Waals surface area contributed by atoms with Crippen molar-refractivity contribution in [2.75, 3.05) is 29.8 Å². The Labute approximate surface area is 242 Å². The standard InChI is InChI=1S/C27H23F3N4O4S3/c1-38-20-8-9-21(22(12-20)32-41(36,37)24-3-2-10-39-24)25(35)33-13-19-11-18(33)14-34(19)26-31-23(15-40-26)16-4-6-17(7-5-16)27(28,29)30/h2-10,12,15,18-19,32H,11,13-14H2,1H3. The summed E-state index contributed by atoms with van der Waals surface area (Å²) in [4.78, 5) is 22.3. The van der Waals surface area contributed by atoms with Gasteiger partial charge in [0.2, 0.25) is 0 Å². The largest absolute Gasteiger partial charge is 0.497 e. The molecule has 4 heterocycles. The topological polar surface area (TPSA) is 91.8 Å². The van der Waals surface area contributed by atoms with Gasteiger partial charge in [0.1, 0.15) is 9.96 Å². The van der Waals surface area contributed by atoms with E-state index < -0.39 is 21.8 Å². The molecular formula is C27H23F3N4O4S3. The van der Waals surface area contributed by atoms with Crippen LogP contribution < -0.4 is 14.4 Å². The number of ether oxygens (including phenoxy) is 1. The number of likely N-dealkylation sites (tertiary alicyclic amines) is 1. The van der Waals surface area contributed by atoms with Crippen LogP contribution in [0.3, 0.4) is 0 Å². The Kier molecular flexibility index (Phi) is 6.94. The fourth-order valence-corrected chi connectivity index (χ4v) is 8.18. The first kappa shape index (κ1) is 27.5. The van der Waals surface area contributed by atoms with E-state index in [9.17, 15) is 26.4 Å². The summed E-state index contributed by atoms with van der Waals surface area (Å²) in [6, 6.07) is 12.6. The summed E-state index contributed by atoms with van der Waals surface area (Å²) in [5, 5.41) is 4.22. The molecule has 214 valence electrons. The molecule has 8 nitrogen and oxygen atoms in total. The third kappa shape index (κ3) is 5.26. The highest BCUT2D eigenvalue weighted by Crippen LogP contribution is 2.39. The number of thiophene rings is 1. The minimum atomic E-state index is -4.40. The van der Waals surface area contributed by atoms with E-state index in [4.69, 9.17) is 4.74 Å². The summed E-state index contributed by atoms with van der Waals surface area (Å²) in [6.07, 6.45) is -3.67. The van der Waals surface area contributed by atoms with Crippen molar-refractivity contribution in [1.29, 1.82) is 0 Å². The molecule has 2 aliphatic rings. The second-order valence-corrected chi connectivity index (χ2v) is 13.4. The normalized spacial score (nSPS) is 18.6. The first-order valence-electron chi connectivity index (χ1n) is 12.5. The lowest BCUT2D eigenvalue weighted by Gasteiger charge is -2.34. The number of anilines is 2. The summed E-state index contributed by atoms with van der Waals surface area (Å²) in [5.74, 6) is 0.125. The van der Waals surface area contributed by atoms with Gasteiger partial charge in [0.05, 0.1) is 41.7 Å². The van der Waals surface area contributed by atoms with Crippen molar-refractivity contribution in [3.8, 4) is 17.0 Å². The molecular weight excluding hydrogens is 598 g/mol. The molecule has 2 unspecified atom stereocenters. The number of carbonyl (C=O) groups is 1. The molecule has 0 saturated carbocycles. The number of nitrogens with zero attached hydrogens (tertiary/aromatic N) is 3. The Balaban J connectivity index is 1.18. The van der Waals surface area contributed by atoms with Crippen molar-refractivity contribution < 1.29 is 31.1 Å². The van der Waals surface area contributed by atoms with E-state index in [2.05, 4.69) is 14.6 Å². The third-order valence-electron chi connectivity index (χ3n) is 7.21. The number of amides is 1. The van der Waals surface area contributed by atoms with Crippen molar-refractivity contribution in [3.63, 3.8) is 0 Å². The minimum Gasteiger partial charge on any atom is -0.497 e. The van der Waals surface area contributed by atoms with Gasteiger partial charge in [0, 0.05) is 30.1 Å². The molecule has 2 bridgehead atoms. The van der Waals surface area contributed by atoms with Crippen LogP contribution in [0.4, 0.5) is 24.0 Å². The van der Waals surface area contributed by atoms with Crippen molar-refractivity contribution in [2.45, 2.75) is 28.9 Å². The maximum Gasteiger partial charge on any atom is 0.416 e. The quantitative estimate of drug-likeness (QED) is 0.281. The zero-order chi connectivity index (χ0) is 28.9. The van der Waals surface area contributed by atoms with E-state index in [0.717, 1.165) is 35.0 Å². The molecule has 41 heavy (non-hydrogen) atoms. The number of hydrogen-bond acceptors (Lipinski definition) is 8. The van der Waals surface area contributed by atoms with Crippen LogP contribution in [0, 0.1) is 0 Å². The lowest BCUT2D eigenvalue weighted by molar-refractivity contribution is -0.137. The number of halogens is 3. The van der Waals surface area contributed by atoms with Crippen molar-refractivity contribution in [3.05, 3.63) is 76.5 Å². The predicted molar refractivity (Wildman–Crippen MR) is 151 cm³/mol. The van der Waals surface area contributed by atoms with Crippen molar-refractivity contribution in [1.82, 2.24) is 9.88 Å². The van der Waals surface area contributed by atoms with E-state index in [0.29, 0.717) is 30.1 Å². The minimum absolute atomic E-state index is 0.0139. The highest BCUT2D eigenvalue weighted by Gasteiger charge is 2.46. The molecule has 4 aromatic rings. The number of rotatable bonds is 7. The van der Waals surface area contributed by atoms with Gasteiger partial charge < -0.3 is 14.5 Å². The van der Waals surface area contributed by atoms with E-state index in [1.54, 1.807) is 28.5 Å². The van der Waals surface area contributed by atoms with Crippen LogP contribution >= 0.6 is 22.7 Å². The van der Waals surface area contributed by atoms with Crippen LogP contribution in [0.25, 0.3) is 11.3 Å². The first-order valence-corrected chi connectivity index (χ1v) is 15.7. The van der Waals surface area contributed by atoms with Crippen LogP contribution in [0.15, 0.2) is 69.6 Å². The Hall–Kier alpha value is -3.62. The van der Waals surface area contributed by atoms with Gasteiger partial charge in [-0.15, -0.1) is 22.7 Å². The SMILES string of the molecule is COc1ccc(C(=O)N2CC3CC2CN3c2nc(-c3ccc(C(F)(F)F)cc3)cs2)c(NS(=O)(=O)c2cccs2)c1. The predicted octanol–water partition coefficient (Wildman–Crippen LogP) is 5.80. The lowest BCUT2D eigenvalue weighted by atomic mass is 10.1. The van der Waals surface area contributed by atoms with Gasteiger partial charge in [-0.2, -0.15) is 13.2 Å². The van der Waals surface area contributed by atoms with Crippen LogP contribution in [-0.4, -0.2) is 56.5 Å². The summed E-state index contributed by atoms with van der Waals surface area (Å²) in [5.41, 5.74) is 0.846. The molecule has 0 aliphatic carbocycles. The summed E-state index contributed by atoms with van der Waals surface area (Å²) >= 11 is 2.48. The molecule has 1 N–H and O–H groups in total. The number of thiazole rings is 1. The maximum atomic E-state index is 13.7. The van der Waals surface area contributed by atoms with Gasteiger partial charge in [-0.3, -0.25) is 9.52 Å². The number of methoxy groups -OCH3 is 1. The summed E-state index contributed by atoms with van der Waals surface area (Å²) in [6.45, 7) is 0.977. The van der Waals surface area contributed by atoms with Crippen molar-refractivity contribution in [2.24, 2.45) is 0 Å². The Bertz CT molecular complexity index is 1690. The van der Waals surface area contributed by atoms with E-state index in [1.165, 1.54) is 42.7 Å². The molecule has 0 spiro atoms. The summed E-state index contributed by atoms with van der Waals surface area (Å²) < 4.78 is 72.5. The fourth-order valence-electron chi connectivity index (χ4n) is 5.20. The van der Waals surface area contributed by atoms with Crippen LogP contribution in [0.5, 0.6) is 5.75 Å². The zero-order valence-electron chi connectivity index (χ0n) is 21.5. The van der Waals surface area contributed by atoms with E-state index >= 15 is 0 Å². The molecule has 2 aromatic carbocycles. The lowest BCUT2D eigenvalue weighted by Crippen LogP contribution is -2.49. The molecule has 1 amide bonds. The molecule has 14 heteroatoms. The smallest absolute Gasteiger partial charge is 0.416 e. The number of hydrogen-bond donors (Lipinski definition) is 1. The van der Waals surface area contributed by atoms with E-state index in [-0.39, 0.29) is 33.5 Å². The molecule has 2 atom stereocenters. The van der Waals surface area contributed by atoms with Gasteiger partial charge in [0.15, 0.2) is 5.13 Å². The Morgan fingerprint density at radius 3 is 2.49 bits per heavy atom. The fraction of sp³-hybridized carbons (Fsp3) is 0.259. The first-order chi connectivity index (χ1) is 19.5. The van der Waals surface area contributed by atoms with Crippen LogP contribution in [0.2, 0.25) is 0 Å². The highest BCUT2D eigenvalue weighted by atomic mass is 32.2. The van der Waals surface area contributed by atoms with E-state index in [1.807, 2.05) is 5.38 Å². The number of nitrogens with one attached hydrogen (secondary N) is 1. The van der Waals surface area contributed by atoms with Crippen LogP contribution in [0.1, 0.15) is 22.3 Å². The highest BCUT2D eigenvalue weighted by molar-refractivity contribution is 7.94. The number of alkyl halides is 3. The zero-order valence-corrected chi connectivity index (χ0v) is 23.9. The average Bonchev–Trinajstić information content (AvgIpc) is 3.76. The van der Waals surface area contributed by atoms with Crippen molar-refractivity contribution >= 4 is 49.4 Å². The number of fused-ring (bicyclic) bond motifs is 2. The van der Waals surface area contributed by atoms with Gasteiger partial charge >= 0.3 is 6.18 Å². The Morgan fingerprint density at radius 2 is 1.85 bits per heavy atom. The number of aromatic nitrogens is 1. The van der Waals surface area contributed by atoms with Crippen LogP contribution in [-0.2, 0) is 16.2 Å². The maximum absolute atomic E-state index is 13.7. The average molecular weight is 621 g/mol. The number of carbonyl (C=O) groups excluding carboxylic acids is 1. The van der Waals surface area contributed by atoms with Gasteiger partial charge in [-0.05, 0) is 42.1 Å². The van der Waals surface area contributed by atoms with Gasteiger partial charge in [0.25, 0.3) is 15.9 Å².